The van der Waals surface area contributed by atoms with Crippen LogP contribution in [0.5, 0.6) is 0 Å². The molecule has 0 fully saturated rings. The van der Waals surface area contributed by atoms with E-state index in [4.69, 9.17) is 4.74 Å². The Labute approximate surface area is 460 Å². The zero-order valence-corrected chi connectivity index (χ0v) is 48.3. The number of likely N-dealkylation sites (N-methyl/N-ethyl adjacent to an activating group) is 1. The molecule has 0 aliphatic carbocycles. The Morgan fingerprint density at radius 3 is 2.05 bits per heavy atom. The van der Waals surface area contributed by atoms with Gasteiger partial charge in [0.2, 0.25) is 23.6 Å². The number of ether oxygens (including phenoxy) is 1. The normalized spacial score (nSPS) is 18.6. The molecule has 2 heterocycles. The van der Waals surface area contributed by atoms with Crippen molar-refractivity contribution in [2.75, 3.05) is 19.2 Å². The zero-order valence-electron chi connectivity index (χ0n) is 45.9. The predicted octanol–water partition coefficient (Wildman–Crippen LogP) is 7.19. The van der Waals surface area contributed by atoms with Crippen LogP contribution >= 0.6 is 34.9 Å². The molecule has 1 aliphatic rings. The SMILES string of the molecule is CC[C@H](C)[C@H](CC(=O)[C@H](C(C)C)N(C)C(=O)[C@H](C)CC(=O)[C@H](C)NC(=O)C1CC(=O)/C=C/SCS/C=C/C(=O)N1)C(=O)N(C)[C@H](C[C@@H](OC(C)=O)c1nc(C(=O)N[C@@H](Cc2ccccc2)CC(C)C(=O)O)cs1)C(C)C. The summed E-state index contributed by atoms with van der Waals surface area (Å²) in [7, 11) is 3.14. The number of thioether (sulfide) groups is 2. The minimum Gasteiger partial charge on any atom is -0.481 e. The van der Waals surface area contributed by atoms with Crippen molar-refractivity contribution in [3.05, 3.63) is 74.9 Å². The summed E-state index contributed by atoms with van der Waals surface area (Å²) in [6, 6.07) is 5.01. The topological polar surface area (TPSA) is 256 Å². The van der Waals surface area contributed by atoms with Gasteiger partial charge in [0.15, 0.2) is 23.5 Å². The molecule has 0 saturated heterocycles. The minimum atomic E-state index is -1.25. The summed E-state index contributed by atoms with van der Waals surface area (Å²) in [6.07, 6.45) is 2.04. The van der Waals surface area contributed by atoms with Gasteiger partial charge in [0.05, 0.1) is 18.0 Å². The first-order valence-corrected chi connectivity index (χ1v) is 28.7. The first kappa shape index (κ1) is 64.6. The number of hydrogen-bond donors (Lipinski definition) is 4. The largest absolute Gasteiger partial charge is 0.481 e. The quantitative estimate of drug-likeness (QED) is 0.0646. The second-order valence-electron chi connectivity index (χ2n) is 20.4. The molecule has 76 heavy (non-hydrogen) atoms. The molecule has 1 aromatic carbocycles. The van der Waals surface area contributed by atoms with E-state index < -0.39 is 95.4 Å². The van der Waals surface area contributed by atoms with Crippen molar-refractivity contribution in [3.63, 3.8) is 0 Å². The molecule has 0 bridgehead atoms. The maximum absolute atomic E-state index is 14.8. The number of hydrogen-bond acceptors (Lipinski definition) is 15. The fourth-order valence-electron chi connectivity index (χ4n) is 9.02. The van der Waals surface area contributed by atoms with Gasteiger partial charge in [-0.05, 0) is 60.0 Å². The fraction of sp³-hybridized carbons (Fsp3) is 0.582. The number of carbonyl (C=O) groups is 10. The number of carbonyl (C=O) groups excluding carboxylic acids is 9. The van der Waals surface area contributed by atoms with Crippen LogP contribution in [-0.2, 0) is 54.3 Å². The number of aromatic nitrogens is 1. The highest BCUT2D eigenvalue weighted by Gasteiger charge is 2.40. The van der Waals surface area contributed by atoms with Crippen LogP contribution in [0.15, 0.2) is 58.7 Å². The van der Waals surface area contributed by atoms with Crippen LogP contribution in [0.3, 0.4) is 0 Å². The van der Waals surface area contributed by atoms with E-state index in [-0.39, 0.29) is 73.0 Å². The first-order valence-electron chi connectivity index (χ1n) is 25.7. The number of esters is 1. The van der Waals surface area contributed by atoms with E-state index in [9.17, 15) is 53.1 Å². The zero-order chi connectivity index (χ0) is 57.0. The van der Waals surface area contributed by atoms with Gasteiger partial charge < -0.3 is 35.6 Å². The van der Waals surface area contributed by atoms with Gasteiger partial charge in [-0.1, -0.05) is 92.1 Å². The number of aliphatic carboxylic acids is 1. The van der Waals surface area contributed by atoms with Gasteiger partial charge in [-0.3, -0.25) is 47.9 Å². The van der Waals surface area contributed by atoms with Gasteiger partial charge in [0.25, 0.3) is 5.91 Å². The van der Waals surface area contributed by atoms with E-state index >= 15 is 0 Å². The van der Waals surface area contributed by atoms with Crippen LogP contribution in [-0.4, -0.2) is 128 Å². The lowest BCUT2D eigenvalue weighted by atomic mass is 9.82. The molecule has 4 N–H and O–H groups in total. The van der Waals surface area contributed by atoms with Gasteiger partial charge in [-0.2, -0.15) is 0 Å². The van der Waals surface area contributed by atoms with Crippen molar-refractivity contribution in [2.24, 2.45) is 35.5 Å². The number of Topliss-reactive ketones (excluding diaryl/α,β-unsaturated/α-hetero) is 2. The van der Waals surface area contributed by atoms with Crippen LogP contribution < -0.4 is 16.0 Å². The summed E-state index contributed by atoms with van der Waals surface area (Å²) in [5, 5.41) is 23.3. The number of carboxylic acid groups (broad SMARTS) is 1. The Morgan fingerprint density at radius 1 is 0.816 bits per heavy atom. The predicted molar refractivity (Wildman–Crippen MR) is 296 cm³/mol. The summed E-state index contributed by atoms with van der Waals surface area (Å²) < 4.78 is 5.82. The Morgan fingerprint density at radius 2 is 1.46 bits per heavy atom. The maximum Gasteiger partial charge on any atom is 0.306 e. The minimum absolute atomic E-state index is 0.0604. The van der Waals surface area contributed by atoms with Crippen molar-refractivity contribution >= 4 is 93.7 Å². The lowest BCUT2D eigenvalue weighted by molar-refractivity contribution is -0.150. The van der Waals surface area contributed by atoms with Crippen LogP contribution in [0.4, 0.5) is 0 Å². The molecular weight excluding hydrogens is 1030 g/mol. The molecule has 3 rings (SSSR count). The van der Waals surface area contributed by atoms with Crippen molar-refractivity contribution in [1.29, 1.82) is 0 Å². The van der Waals surface area contributed by atoms with Gasteiger partial charge >= 0.3 is 11.9 Å². The molecule has 21 heteroatoms. The van der Waals surface area contributed by atoms with Gasteiger partial charge in [-0.25, -0.2) is 4.98 Å². The molecule has 10 atom stereocenters. The number of nitrogens with zero attached hydrogens (tertiary/aromatic N) is 3. The standard InChI is InChI=1S/C55H78N6O12S3/c1-13-33(6)41(27-46(65)49(32(4)5)61(12)53(69)34(7)24-45(64)36(9)56-50(67)42-26-40(63)19-21-74-30-75-22-20-48(66)58-42)54(70)60(11)44(31(2)3)28-47(73-37(10)62)52-59-43(29-76-52)51(68)57-39(23-35(8)55(71)72)25-38-17-15-14-16-18-38/h14-22,29,31-36,39,41-42,44,47,49H,13,23-28,30H2,1-12H3,(H,56,67)(H,57,68)(H,58,66)(H,71,72)/b21-19+,22-20+/t33-,34+,35?,36-,39+,41-,42?,44+,47+,49-/m0/s1. The first-order chi connectivity index (χ1) is 35.7. The van der Waals surface area contributed by atoms with Crippen molar-refractivity contribution in [1.82, 2.24) is 30.7 Å². The number of rotatable bonds is 27. The molecule has 18 nitrogen and oxygen atoms in total. The number of nitrogens with one attached hydrogen (secondary N) is 3. The van der Waals surface area contributed by atoms with Gasteiger partial charge in [-0.15, -0.1) is 34.9 Å². The molecule has 0 radical (unpaired) electrons. The average molecular weight is 1110 g/mol. The van der Waals surface area contributed by atoms with E-state index in [1.165, 1.54) is 61.5 Å². The van der Waals surface area contributed by atoms with E-state index in [1.807, 2.05) is 58.0 Å². The van der Waals surface area contributed by atoms with Crippen molar-refractivity contribution < 1.29 is 57.8 Å². The second kappa shape index (κ2) is 31.5. The lowest BCUT2D eigenvalue weighted by Gasteiger charge is -2.38. The lowest BCUT2D eigenvalue weighted by Crippen LogP contribution is -2.52. The number of carboxylic acids is 1. The summed E-state index contributed by atoms with van der Waals surface area (Å²) in [4.78, 5) is 141. The molecule has 0 spiro atoms. The molecule has 2 unspecified atom stereocenters. The molecule has 5 amide bonds. The number of amides is 5. The van der Waals surface area contributed by atoms with E-state index in [1.54, 1.807) is 55.8 Å². The second-order valence-corrected chi connectivity index (χ2v) is 23.4. The Balaban J connectivity index is 1.77. The number of ketones is 3. The Hall–Kier alpha value is -5.67. The summed E-state index contributed by atoms with van der Waals surface area (Å²) >= 11 is 3.82. The Kier molecular flexibility index (Phi) is 26.8. The monoisotopic (exact) mass is 1110 g/mol. The third-order valence-electron chi connectivity index (χ3n) is 13.5. The van der Waals surface area contributed by atoms with Gasteiger partial charge in [0, 0.05) is 87.2 Å². The summed E-state index contributed by atoms with van der Waals surface area (Å²) in [5.74, 6) is -8.76. The molecular formula is C55H78N6O12S3. The van der Waals surface area contributed by atoms with E-state index in [0.29, 0.717) is 22.9 Å². The molecule has 1 aromatic heterocycles. The number of thiazole rings is 1. The number of allylic oxidation sites excluding steroid dienone is 1. The third kappa shape index (κ3) is 20.4. The smallest absolute Gasteiger partial charge is 0.306 e. The summed E-state index contributed by atoms with van der Waals surface area (Å²) in [6.45, 7) is 17.1. The Bertz CT molecular complexity index is 2380. The summed E-state index contributed by atoms with van der Waals surface area (Å²) in [5.41, 5.74) is 0.977. The maximum atomic E-state index is 14.8. The van der Waals surface area contributed by atoms with E-state index in [0.717, 1.165) is 16.9 Å². The van der Waals surface area contributed by atoms with Crippen LogP contribution in [0, 0.1) is 35.5 Å². The molecule has 1 aliphatic heterocycles. The van der Waals surface area contributed by atoms with Crippen LogP contribution in [0.2, 0.25) is 0 Å². The average Bonchev–Trinajstić information content (AvgIpc) is 3.85. The molecule has 418 valence electrons. The molecule has 2 aromatic rings. The highest BCUT2D eigenvalue weighted by atomic mass is 32.2. The third-order valence-corrected chi connectivity index (χ3v) is 16.2. The fourth-order valence-corrected chi connectivity index (χ4v) is 11.3. The highest BCUT2D eigenvalue weighted by Crippen LogP contribution is 2.33. The van der Waals surface area contributed by atoms with Crippen molar-refractivity contribution in [3.8, 4) is 0 Å². The van der Waals surface area contributed by atoms with Crippen molar-refractivity contribution in [2.45, 2.75) is 150 Å². The van der Waals surface area contributed by atoms with E-state index in [2.05, 4.69) is 20.9 Å². The highest BCUT2D eigenvalue weighted by molar-refractivity contribution is 8.18. The van der Waals surface area contributed by atoms with Crippen LogP contribution in [0.25, 0.3) is 0 Å². The van der Waals surface area contributed by atoms with Crippen LogP contribution in [0.1, 0.15) is 135 Å². The molecule has 0 saturated carbocycles. The van der Waals surface area contributed by atoms with Gasteiger partial charge in [0.1, 0.15) is 16.7 Å². The number of benzene rings is 1.